The first-order chi connectivity index (χ1) is 15.3. The van der Waals surface area contributed by atoms with E-state index in [0.29, 0.717) is 27.8 Å². The lowest BCUT2D eigenvalue weighted by Gasteiger charge is -2.18. The summed E-state index contributed by atoms with van der Waals surface area (Å²) in [4.78, 5) is 27.1. The van der Waals surface area contributed by atoms with Crippen molar-refractivity contribution in [3.63, 3.8) is 0 Å². The molecular weight excluding hydrogens is 467 g/mol. The number of benzene rings is 1. The van der Waals surface area contributed by atoms with Gasteiger partial charge in [0.05, 0.1) is 12.0 Å². The fourth-order valence-electron chi connectivity index (χ4n) is 3.42. The molecule has 2 aromatic heterocycles. The van der Waals surface area contributed by atoms with Gasteiger partial charge in [-0.05, 0) is 77.2 Å². The van der Waals surface area contributed by atoms with Crippen LogP contribution in [0.3, 0.4) is 0 Å². The van der Waals surface area contributed by atoms with Gasteiger partial charge in [0.25, 0.3) is 10.0 Å². The minimum Gasteiger partial charge on any atom is -0.386 e. The van der Waals surface area contributed by atoms with Crippen LogP contribution < -0.4 is 10.3 Å². The van der Waals surface area contributed by atoms with Crippen molar-refractivity contribution in [3.8, 4) is 11.1 Å². The molecule has 0 spiro atoms. The Kier molecular flexibility index (Phi) is 6.92. The molecule has 7 nitrogen and oxygen atoms in total. The molecular formula is C23H25FN2O5S2. The van der Waals surface area contributed by atoms with E-state index in [-0.39, 0.29) is 22.1 Å². The minimum atomic E-state index is -4.17. The van der Waals surface area contributed by atoms with Crippen LogP contribution in [0.1, 0.15) is 50.3 Å². The Morgan fingerprint density at radius 3 is 2.52 bits per heavy atom. The van der Waals surface area contributed by atoms with Crippen LogP contribution in [0.2, 0.25) is 0 Å². The van der Waals surface area contributed by atoms with Gasteiger partial charge in [-0.1, -0.05) is 13.8 Å². The smallest absolute Gasteiger partial charge is 0.273 e. The van der Waals surface area contributed by atoms with Gasteiger partial charge in [-0.3, -0.25) is 9.59 Å². The molecule has 0 atom stereocenters. The van der Waals surface area contributed by atoms with Gasteiger partial charge in [-0.25, -0.2) is 17.5 Å². The molecule has 0 fully saturated rings. The van der Waals surface area contributed by atoms with E-state index in [9.17, 15) is 27.5 Å². The third-order valence-electron chi connectivity index (χ3n) is 5.09. The number of thiophene rings is 1. The molecule has 1 aromatic carbocycles. The maximum atomic E-state index is 14.4. The number of halogens is 1. The SMILES string of the molecule is CC(C)c1cc(F)cc(-c2cc[nH]c(=O)c2)c1CC(=O)NS(=O)(=O)c1cc(C(C)(C)O)cs1. The third kappa shape index (κ3) is 5.76. The number of pyridine rings is 1. The van der Waals surface area contributed by atoms with Crippen molar-refractivity contribution in [2.24, 2.45) is 0 Å². The Morgan fingerprint density at radius 2 is 1.94 bits per heavy atom. The summed E-state index contributed by atoms with van der Waals surface area (Å²) < 4.78 is 41.8. The Labute approximate surface area is 195 Å². The fraction of sp³-hybridized carbons (Fsp3) is 0.304. The van der Waals surface area contributed by atoms with Gasteiger partial charge in [-0.2, -0.15) is 0 Å². The quantitative estimate of drug-likeness (QED) is 0.466. The van der Waals surface area contributed by atoms with Gasteiger partial charge in [-0.15, -0.1) is 11.3 Å². The molecule has 0 radical (unpaired) electrons. The number of aliphatic hydroxyl groups is 1. The molecule has 3 rings (SSSR count). The molecule has 0 unspecified atom stereocenters. The number of hydrogen-bond acceptors (Lipinski definition) is 6. The van der Waals surface area contributed by atoms with Crippen LogP contribution in [0.15, 0.2) is 50.9 Å². The normalized spacial score (nSPS) is 12.2. The highest BCUT2D eigenvalue weighted by Crippen LogP contribution is 2.32. The lowest BCUT2D eigenvalue weighted by Crippen LogP contribution is -2.32. The van der Waals surface area contributed by atoms with Gasteiger partial charge in [0, 0.05) is 12.3 Å². The molecule has 2 heterocycles. The summed E-state index contributed by atoms with van der Waals surface area (Å²) >= 11 is 0.893. The Morgan fingerprint density at radius 1 is 1.24 bits per heavy atom. The number of aromatic amines is 1. The molecule has 176 valence electrons. The fourth-order valence-corrected chi connectivity index (χ4v) is 5.74. The number of amides is 1. The van der Waals surface area contributed by atoms with E-state index < -0.39 is 27.3 Å². The molecule has 0 saturated heterocycles. The predicted octanol–water partition coefficient (Wildman–Crippen LogP) is 3.64. The van der Waals surface area contributed by atoms with Gasteiger partial charge in [0.2, 0.25) is 11.5 Å². The highest BCUT2D eigenvalue weighted by molar-refractivity contribution is 7.92. The third-order valence-corrected chi connectivity index (χ3v) is 7.90. The number of nitrogens with one attached hydrogen (secondary N) is 2. The van der Waals surface area contributed by atoms with Crippen molar-refractivity contribution >= 4 is 27.3 Å². The Bertz CT molecular complexity index is 1350. The van der Waals surface area contributed by atoms with Gasteiger partial charge >= 0.3 is 0 Å². The molecule has 1 amide bonds. The number of aromatic nitrogens is 1. The number of carbonyl (C=O) groups is 1. The van der Waals surface area contributed by atoms with Crippen molar-refractivity contribution in [3.05, 3.63) is 74.8 Å². The Hall–Kier alpha value is -2.82. The van der Waals surface area contributed by atoms with Crippen molar-refractivity contribution in [1.82, 2.24) is 9.71 Å². The number of rotatable bonds is 7. The van der Waals surface area contributed by atoms with E-state index in [4.69, 9.17) is 0 Å². The highest BCUT2D eigenvalue weighted by Gasteiger charge is 2.26. The average Bonchev–Trinajstić information content (AvgIpc) is 3.20. The first-order valence-corrected chi connectivity index (χ1v) is 12.5. The number of carbonyl (C=O) groups excluding carboxylic acids is 1. The average molecular weight is 493 g/mol. The van der Waals surface area contributed by atoms with Crippen LogP contribution in [-0.2, 0) is 26.8 Å². The monoisotopic (exact) mass is 492 g/mol. The summed E-state index contributed by atoms with van der Waals surface area (Å²) in [7, 11) is -4.17. The van der Waals surface area contributed by atoms with E-state index in [1.165, 1.54) is 49.7 Å². The largest absolute Gasteiger partial charge is 0.386 e. The zero-order valence-corrected chi connectivity index (χ0v) is 20.2. The van der Waals surface area contributed by atoms with Crippen molar-refractivity contribution in [1.29, 1.82) is 0 Å². The second kappa shape index (κ2) is 9.20. The van der Waals surface area contributed by atoms with Gasteiger partial charge in [0.15, 0.2) is 0 Å². The van der Waals surface area contributed by atoms with E-state index in [0.717, 1.165) is 11.3 Å². The lowest BCUT2D eigenvalue weighted by molar-refractivity contribution is -0.118. The van der Waals surface area contributed by atoms with Crippen molar-refractivity contribution < 1.29 is 22.7 Å². The number of H-pyrrole nitrogens is 1. The standard InChI is InChI=1S/C23H25FN2O5S2/c1-13(2)17-9-16(24)10-18(14-5-6-25-20(27)7-14)19(17)11-21(28)26-33(30,31)22-8-15(12-32-22)23(3,4)29/h5-10,12-13,29H,11H2,1-4H3,(H,25,27)(H,26,28). The molecule has 0 aliphatic carbocycles. The summed E-state index contributed by atoms with van der Waals surface area (Å²) in [6.45, 7) is 6.72. The molecule has 3 N–H and O–H groups in total. The molecule has 10 heteroatoms. The van der Waals surface area contributed by atoms with Crippen LogP contribution in [0.5, 0.6) is 0 Å². The van der Waals surface area contributed by atoms with Gasteiger partial charge in [0.1, 0.15) is 10.0 Å². The highest BCUT2D eigenvalue weighted by atomic mass is 32.2. The van der Waals surface area contributed by atoms with E-state index >= 15 is 0 Å². The van der Waals surface area contributed by atoms with Crippen LogP contribution >= 0.6 is 11.3 Å². The molecule has 0 aliphatic rings. The van der Waals surface area contributed by atoms with E-state index in [1.54, 1.807) is 6.07 Å². The second-order valence-electron chi connectivity index (χ2n) is 8.54. The van der Waals surface area contributed by atoms with Gasteiger partial charge < -0.3 is 10.1 Å². The molecule has 0 aliphatic heterocycles. The summed E-state index contributed by atoms with van der Waals surface area (Å²) in [6.07, 6.45) is 1.09. The van der Waals surface area contributed by atoms with Crippen LogP contribution in [0, 0.1) is 5.82 Å². The summed E-state index contributed by atoms with van der Waals surface area (Å²) in [5.41, 5.74) is 0.540. The van der Waals surface area contributed by atoms with E-state index in [2.05, 4.69) is 9.71 Å². The van der Waals surface area contributed by atoms with Crippen LogP contribution in [0.25, 0.3) is 11.1 Å². The first-order valence-electron chi connectivity index (χ1n) is 10.2. The molecule has 0 bridgehead atoms. The maximum Gasteiger partial charge on any atom is 0.273 e. The molecule has 3 aromatic rings. The van der Waals surface area contributed by atoms with Crippen molar-refractivity contribution in [2.75, 3.05) is 0 Å². The zero-order valence-electron chi connectivity index (χ0n) is 18.6. The zero-order chi connectivity index (χ0) is 24.6. The topological polar surface area (TPSA) is 116 Å². The summed E-state index contributed by atoms with van der Waals surface area (Å²) in [6, 6.07) is 6.74. The Balaban J connectivity index is 1.97. The number of hydrogen-bond donors (Lipinski definition) is 3. The second-order valence-corrected chi connectivity index (χ2v) is 11.4. The minimum absolute atomic E-state index is 0.106. The lowest BCUT2D eigenvalue weighted by atomic mass is 9.88. The van der Waals surface area contributed by atoms with Crippen molar-refractivity contribution in [2.45, 2.75) is 49.8 Å². The van der Waals surface area contributed by atoms with E-state index in [1.807, 2.05) is 13.8 Å². The predicted molar refractivity (Wildman–Crippen MR) is 125 cm³/mol. The number of sulfonamides is 1. The maximum absolute atomic E-state index is 14.4. The summed E-state index contributed by atoms with van der Waals surface area (Å²) in [5, 5.41) is 11.6. The summed E-state index contributed by atoms with van der Waals surface area (Å²) in [5.74, 6) is -1.48. The van der Waals surface area contributed by atoms with Crippen LogP contribution in [-0.4, -0.2) is 24.4 Å². The molecule has 33 heavy (non-hydrogen) atoms. The molecule has 0 saturated carbocycles. The first kappa shape index (κ1) is 24.8. The van der Waals surface area contributed by atoms with Crippen LogP contribution in [0.4, 0.5) is 4.39 Å².